The predicted molar refractivity (Wildman–Crippen MR) is 130 cm³/mol. The number of carbonyl (C=O) groups excluding carboxylic acids is 1. The number of benzene rings is 1. The highest BCUT2D eigenvalue weighted by Gasteiger charge is 2.20. The number of halogens is 1. The van der Waals surface area contributed by atoms with Crippen LogP contribution in [-0.2, 0) is 20.7 Å². The zero-order valence-corrected chi connectivity index (χ0v) is 19.8. The van der Waals surface area contributed by atoms with Gasteiger partial charge in [-0.15, -0.1) is 11.3 Å². The number of nitrogens with zero attached hydrogens (tertiary/aromatic N) is 2. The van der Waals surface area contributed by atoms with Crippen molar-refractivity contribution in [1.29, 1.82) is 10.8 Å². The van der Waals surface area contributed by atoms with Crippen LogP contribution in [-0.4, -0.2) is 53.9 Å². The monoisotopic (exact) mass is 472 g/mol. The lowest BCUT2D eigenvalue weighted by molar-refractivity contribution is -0.134. The Balaban J connectivity index is 0.00000149. The Labute approximate surface area is 196 Å². The summed E-state index contributed by atoms with van der Waals surface area (Å²) in [5, 5.41) is 16.4. The van der Waals surface area contributed by atoms with Crippen molar-refractivity contribution in [3.05, 3.63) is 46.7 Å². The molecule has 0 unspecified atom stereocenters. The van der Waals surface area contributed by atoms with Crippen LogP contribution in [0.1, 0.15) is 43.7 Å². The summed E-state index contributed by atoms with van der Waals surface area (Å²) < 4.78 is 25.9. The highest BCUT2D eigenvalue weighted by atomic mass is 32.1. The lowest BCUT2D eigenvalue weighted by atomic mass is 9.99. The number of carbonyl (C=O) groups is 1. The van der Waals surface area contributed by atoms with E-state index in [2.05, 4.69) is 4.98 Å². The number of aromatic nitrogens is 1. The smallest absolute Gasteiger partial charge is 0.232 e. The first-order valence-corrected chi connectivity index (χ1v) is 12.0. The van der Waals surface area contributed by atoms with E-state index in [1.54, 1.807) is 17.0 Å². The number of fused-ring (bicyclic) bond motifs is 1. The first kappa shape index (κ1) is 24.7. The summed E-state index contributed by atoms with van der Waals surface area (Å²) in [6.07, 6.45) is 7.68. The molecule has 1 saturated heterocycles. The van der Waals surface area contributed by atoms with Crippen molar-refractivity contribution in [2.45, 2.75) is 39.5 Å². The molecule has 1 aliphatic carbocycles. The molecule has 4 rings (SSSR count). The third kappa shape index (κ3) is 6.33. The second kappa shape index (κ2) is 11.8. The molecule has 2 aromatic rings. The minimum Gasteiger partial charge on any atom is -0.429 e. The molecule has 33 heavy (non-hydrogen) atoms. The Morgan fingerprint density at radius 2 is 1.97 bits per heavy atom. The average molecular weight is 473 g/mol. The van der Waals surface area contributed by atoms with E-state index >= 15 is 4.39 Å². The molecular weight excluding hydrogens is 443 g/mol. The summed E-state index contributed by atoms with van der Waals surface area (Å²) in [5.74, 6) is -1.01. The number of rotatable bonds is 5. The van der Waals surface area contributed by atoms with Gasteiger partial charge in [0.15, 0.2) is 11.8 Å². The van der Waals surface area contributed by atoms with E-state index in [1.807, 2.05) is 32.1 Å². The molecule has 1 aromatic carbocycles. The third-order valence-corrected chi connectivity index (χ3v) is 6.14. The van der Waals surface area contributed by atoms with Gasteiger partial charge in [-0.3, -0.25) is 15.6 Å². The number of morpholine rings is 1. The van der Waals surface area contributed by atoms with Gasteiger partial charge < -0.3 is 14.4 Å². The molecule has 0 atom stereocenters. The van der Waals surface area contributed by atoms with Crippen molar-refractivity contribution in [2.75, 3.05) is 26.3 Å². The Morgan fingerprint density at radius 3 is 2.67 bits per heavy atom. The van der Waals surface area contributed by atoms with Crippen molar-refractivity contribution >= 4 is 44.8 Å². The fraction of sp³-hybridized carbons (Fsp3) is 0.417. The standard InChI is InChI=1S/C22H23FN4O3S.C2H6/c23-21-15(14-4-2-1-3-5-14)6-7-16-22(21)31-19(26-16)12-17(24)30-18(25)13-20(28)27-8-10-29-11-9-27;1-2/h2,4-7,24-25H,1,3,8-13H2;1-2H3. The van der Waals surface area contributed by atoms with Gasteiger partial charge in [0.25, 0.3) is 0 Å². The highest BCUT2D eigenvalue weighted by Crippen LogP contribution is 2.32. The van der Waals surface area contributed by atoms with Crippen LogP contribution >= 0.6 is 11.3 Å². The summed E-state index contributed by atoms with van der Waals surface area (Å²) in [4.78, 5) is 18.2. The van der Waals surface area contributed by atoms with Gasteiger partial charge in [0.2, 0.25) is 5.91 Å². The van der Waals surface area contributed by atoms with E-state index < -0.39 is 0 Å². The normalized spacial score (nSPS) is 15.5. The number of ether oxygens (including phenoxy) is 2. The fourth-order valence-corrected chi connectivity index (χ4v) is 4.54. The van der Waals surface area contributed by atoms with Crippen LogP contribution in [0.25, 0.3) is 15.8 Å². The van der Waals surface area contributed by atoms with Crippen molar-refractivity contribution in [1.82, 2.24) is 9.88 Å². The summed E-state index contributed by atoms with van der Waals surface area (Å²) in [5.41, 5.74) is 1.95. The number of hydrogen-bond donors (Lipinski definition) is 2. The zero-order chi connectivity index (χ0) is 23.8. The number of allylic oxidation sites excluding steroid dienone is 4. The van der Waals surface area contributed by atoms with Gasteiger partial charge in [-0.1, -0.05) is 32.1 Å². The summed E-state index contributed by atoms with van der Waals surface area (Å²) in [6.45, 7) is 5.96. The van der Waals surface area contributed by atoms with E-state index in [-0.39, 0.29) is 36.4 Å². The van der Waals surface area contributed by atoms with Crippen LogP contribution in [0.2, 0.25) is 0 Å². The summed E-state index contributed by atoms with van der Waals surface area (Å²) in [7, 11) is 0. The van der Waals surface area contributed by atoms with Crippen LogP contribution < -0.4 is 0 Å². The van der Waals surface area contributed by atoms with E-state index in [0.29, 0.717) is 47.1 Å². The summed E-state index contributed by atoms with van der Waals surface area (Å²) >= 11 is 1.18. The zero-order valence-electron chi connectivity index (χ0n) is 18.9. The molecule has 0 saturated carbocycles. The van der Waals surface area contributed by atoms with Crippen LogP contribution in [0.3, 0.4) is 0 Å². The van der Waals surface area contributed by atoms with E-state index in [9.17, 15) is 4.79 Å². The Hall–Kier alpha value is -2.91. The van der Waals surface area contributed by atoms with Crippen molar-refractivity contribution in [3.63, 3.8) is 0 Å². The maximum Gasteiger partial charge on any atom is 0.232 e. The van der Waals surface area contributed by atoms with E-state index in [1.165, 1.54) is 11.3 Å². The SMILES string of the molecule is CC.N=C(CC(=O)N1CCOCC1)OC(=N)Cc1nc2ccc(C3=CCCC=C3)c(F)c2s1. The van der Waals surface area contributed by atoms with Gasteiger partial charge in [0, 0.05) is 18.7 Å². The van der Waals surface area contributed by atoms with E-state index in [0.717, 1.165) is 18.4 Å². The highest BCUT2D eigenvalue weighted by molar-refractivity contribution is 7.18. The second-order valence-electron chi connectivity index (χ2n) is 7.32. The molecule has 176 valence electrons. The van der Waals surface area contributed by atoms with Crippen LogP contribution in [0.4, 0.5) is 4.39 Å². The molecule has 2 N–H and O–H groups in total. The molecule has 7 nitrogen and oxygen atoms in total. The molecule has 0 spiro atoms. The van der Waals surface area contributed by atoms with Gasteiger partial charge in [0.1, 0.15) is 17.2 Å². The van der Waals surface area contributed by atoms with Crippen molar-refractivity contribution in [3.8, 4) is 0 Å². The lowest BCUT2D eigenvalue weighted by Crippen LogP contribution is -2.41. The van der Waals surface area contributed by atoms with Crippen LogP contribution in [0, 0.1) is 16.6 Å². The molecule has 1 fully saturated rings. The topological polar surface area (TPSA) is 99.4 Å². The quantitative estimate of drug-likeness (QED) is 0.475. The Bertz CT molecular complexity index is 1090. The van der Waals surface area contributed by atoms with Crippen molar-refractivity contribution in [2.24, 2.45) is 0 Å². The van der Waals surface area contributed by atoms with Crippen molar-refractivity contribution < 1.29 is 18.7 Å². The van der Waals surface area contributed by atoms with Gasteiger partial charge in [-0.05, 0) is 30.5 Å². The Morgan fingerprint density at radius 1 is 1.21 bits per heavy atom. The number of thiazole rings is 1. The molecule has 2 aliphatic rings. The van der Waals surface area contributed by atoms with Gasteiger partial charge >= 0.3 is 0 Å². The molecular formula is C24H29FN4O3S. The average Bonchev–Trinajstić information content (AvgIpc) is 3.25. The predicted octanol–water partition coefficient (Wildman–Crippen LogP) is 4.96. The third-order valence-electron chi connectivity index (χ3n) is 5.08. The molecule has 0 radical (unpaired) electrons. The molecule has 9 heteroatoms. The molecule has 0 bridgehead atoms. The molecule has 1 aromatic heterocycles. The molecule has 2 heterocycles. The fourth-order valence-electron chi connectivity index (χ4n) is 3.54. The van der Waals surface area contributed by atoms with Crippen LogP contribution in [0.5, 0.6) is 0 Å². The molecule has 1 aliphatic heterocycles. The minimum atomic E-state index is -0.310. The minimum absolute atomic E-state index is 0.0326. The van der Waals surface area contributed by atoms with E-state index in [4.69, 9.17) is 20.3 Å². The number of hydrogen-bond acceptors (Lipinski definition) is 7. The first-order chi connectivity index (χ1) is 16.0. The second-order valence-corrected chi connectivity index (χ2v) is 8.40. The Kier molecular flexibility index (Phi) is 8.85. The maximum atomic E-state index is 15.1. The largest absolute Gasteiger partial charge is 0.429 e. The lowest BCUT2D eigenvalue weighted by Gasteiger charge is -2.26. The van der Waals surface area contributed by atoms with Crippen LogP contribution in [0.15, 0.2) is 30.4 Å². The van der Waals surface area contributed by atoms with Gasteiger partial charge in [-0.25, -0.2) is 9.37 Å². The maximum absolute atomic E-state index is 15.1. The first-order valence-electron chi connectivity index (χ1n) is 11.1. The molecule has 1 amide bonds. The number of amides is 1. The van der Waals surface area contributed by atoms with Gasteiger partial charge in [0.05, 0.1) is 29.9 Å². The van der Waals surface area contributed by atoms with Gasteiger partial charge in [-0.2, -0.15) is 0 Å². The summed E-state index contributed by atoms with van der Waals surface area (Å²) in [6, 6.07) is 3.52. The number of nitrogens with one attached hydrogen (secondary N) is 2.